The zero-order chi connectivity index (χ0) is 11.1. The number of nitrogens with zero attached hydrogens (tertiary/aromatic N) is 1. The first-order valence-corrected chi connectivity index (χ1v) is 5.59. The van der Waals surface area contributed by atoms with Crippen LogP contribution in [0.2, 0.25) is 0 Å². The largest absolute Gasteiger partial charge is 0.394 e. The molecule has 86 valence electrons. The van der Waals surface area contributed by atoms with E-state index >= 15 is 0 Å². The lowest BCUT2D eigenvalue weighted by Crippen LogP contribution is -2.55. The Balaban J connectivity index is 2.01. The standard InChI is InChI=1S/C11H19NO3/c1-11(2)7-12(5-9(6-13)15-11)10(14)8-3-4-8/h8-9,13H,3-7H2,1-2H3. The van der Waals surface area contributed by atoms with Crippen molar-refractivity contribution in [2.75, 3.05) is 19.7 Å². The molecule has 1 aliphatic heterocycles. The molecular weight excluding hydrogens is 194 g/mol. The van der Waals surface area contributed by atoms with Crippen LogP contribution in [0.1, 0.15) is 26.7 Å². The van der Waals surface area contributed by atoms with Crippen molar-refractivity contribution in [3.05, 3.63) is 0 Å². The Hall–Kier alpha value is -0.610. The van der Waals surface area contributed by atoms with Crippen molar-refractivity contribution in [2.45, 2.75) is 38.4 Å². The fourth-order valence-electron chi connectivity index (χ4n) is 2.15. The molecule has 0 radical (unpaired) electrons. The minimum Gasteiger partial charge on any atom is -0.394 e. The summed E-state index contributed by atoms with van der Waals surface area (Å²) in [6.45, 7) is 5.08. The number of hydrogen-bond donors (Lipinski definition) is 1. The van der Waals surface area contributed by atoms with Gasteiger partial charge in [-0.3, -0.25) is 4.79 Å². The van der Waals surface area contributed by atoms with Crippen LogP contribution in [0.3, 0.4) is 0 Å². The topological polar surface area (TPSA) is 49.8 Å². The highest BCUT2D eigenvalue weighted by atomic mass is 16.5. The van der Waals surface area contributed by atoms with E-state index in [1.807, 2.05) is 18.7 Å². The smallest absolute Gasteiger partial charge is 0.225 e. The Bertz CT molecular complexity index is 261. The Morgan fingerprint density at radius 2 is 2.20 bits per heavy atom. The lowest BCUT2D eigenvalue weighted by molar-refractivity contribution is -0.167. The molecule has 1 heterocycles. The predicted molar refractivity (Wildman–Crippen MR) is 55.3 cm³/mol. The molecule has 1 N–H and O–H groups in total. The molecule has 15 heavy (non-hydrogen) atoms. The number of hydrogen-bond acceptors (Lipinski definition) is 3. The van der Waals surface area contributed by atoms with Crippen molar-refractivity contribution in [3.8, 4) is 0 Å². The van der Waals surface area contributed by atoms with Gasteiger partial charge in [0.15, 0.2) is 0 Å². The van der Waals surface area contributed by atoms with Gasteiger partial charge in [-0.2, -0.15) is 0 Å². The van der Waals surface area contributed by atoms with Gasteiger partial charge in [0, 0.05) is 19.0 Å². The van der Waals surface area contributed by atoms with Crippen LogP contribution in [-0.4, -0.2) is 47.3 Å². The van der Waals surface area contributed by atoms with Crippen LogP contribution in [0.5, 0.6) is 0 Å². The van der Waals surface area contributed by atoms with Gasteiger partial charge in [-0.25, -0.2) is 0 Å². The first kappa shape index (κ1) is 10.9. The van der Waals surface area contributed by atoms with Crippen molar-refractivity contribution in [3.63, 3.8) is 0 Å². The number of ether oxygens (including phenoxy) is 1. The van der Waals surface area contributed by atoms with Gasteiger partial charge in [-0.05, 0) is 26.7 Å². The highest BCUT2D eigenvalue weighted by molar-refractivity contribution is 5.81. The van der Waals surface area contributed by atoms with Crippen LogP contribution in [0, 0.1) is 5.92 Å². The second-order valence-electron chi connectivity index (χ2n) is 5.18. The summed E-state index contributed by atoms with van der Waals surface area (Å²) in [5, 5.41) is 9.11. The van der Waals surface area contributed by atoms with E-state index in [0.717, 1.165) is 12.8 Å². The summed E-state index contributed by atoms with van der Waals surface area (Å²) in [5.41, 5.74) is -0.337. The van der Waals surface area contributed by atoms with Gasteiger partial charge in [0.05, 0.1) is 18.3 Å². The van der Waals surface area contributed by atoms with Gasteiger partial charge >= 0.3 is 0 Å². The molecule has 0 aromatic rings. The van der Waals surface area contributed by atoms with Crippen molar-refractivity contribution >= 4 is 5.91 Å². The third kappa shape index (κ3) is 2.49. The fourth-order valence-corrected chi connectivity index (χ4v) is 2.15. The van der Waals surface area contributed by atoms with Crippen molar-refractivity contribution in [1.29, 1.82) is 0 Å². The van der Waals surface area contributed by atoms with Gasteiger partial charge in [-0.15, -0.1) is 0 Å². The van der Waals surface area contributed by atoms with Crippen LogP contribution in [0.4, 0.5) is 0 Å². The number of aliphatic hydroxyl groups is 1. The molecule has 1 unspecified atom stereocenters. The average Bonchev–Trinajstić information content (AvgIpc) is 2.97. The molecule has 0 bridgehead atoms. The maximum absolute atomic E-state index is 11.9. The van der Waals surface area contributed by atoms with E-state index in [1.54, 1.807) is 0 Å². The van der Waals surface area contributed by atoms with Crippen LogP contribution >= 0.6 is 0 Å². The van der Waals surface area contributed by atoms with Gasteiger partial charge in [0.2, 0.25) is 5.91 Å². The van der Waals surface area contributed by atoms with E-state index in [9.17, 15) is 4.79 Å². The predicted octanol–water partition coefficient (Wildman–Crippen LogP) is 0.395. The third-order valence-electron chi connectivity index (χ3n) is 2.92. The highest BCUT2D eigenvalue weighted by Gasteiger charge is 2.40. The molecule has 4 nitrogen and oxygen atoms in total. The summed E-state index contributed by atoms with van der Waals surface area (Å²) in [6, 6.07) is 0. The molecule has 2 rings (SSSR count). The molecule has 1 aliphatic carbocycles. The summed E-state index contributed by atoms with van der Waals surface area (Å²) >= 11 is 0. The van der Waals surface area contributed by atoms with Crippen LogP contribution in [-0.2, 0) is 9.53 Å². The van der Waals surface area contributed by atoms with E-state index in [0.29, 0.717) is 13.1 Å². The quantitative estimate of drug-likeness (QED) is 0.722. The molecule has 0 aromatic carbocycles. The Kier molecular flexibility index (Phi) is 2.73. The van der Waals surface area contributed by atoms with E-state index in [4.69, 9.17) is 9.84 Å². The molecular formula is C11H19NO3. The van der Waals surface area contributed by atoms with E-state index in [2.05, 4.69) is 0 Å². The zero-order valence-electron chi connectivity index (χ0n) is 9.40. The van der Waals surface area contributed by atoms with E-state index in [-0.39, 0.29) is 30.1 Å². The normalized spacial score (nSPS) is 30.3. The average molecular weight is 213 g/mol. The molecule has 0 spiro atoms. The maximum Gasteiger partial charge on any atom is 0.225 e. The number of aliphatic hydroxyl groups excluding tert-OH is 1. The fraction of sp³-hybridized carbons (Fsp3) is 0.909. The summed E-state index contributed by atoms with van der Waals surface area (Å²) in [4.78, 5) is 13.7. The molecule has 4 heteroatoms. The zero-order valence-corrected chi connectivity index (χ0v) is 9.40. The van der Waals surface area contributed by atoms with E-state index in [1.165, 1.54) is 0 Å². The minimum atomic E-state index is -0.337. The molecule has 1 saturated heterocycles. The van der Waals surface area contributed by atoms with E-state index < -0.39 is 0 Å². The lowest BCUT2D eigenvalue weighted by Gasteiger charge is -2.42. The molecule has 2 aliphatic rings. The monoisotopic (exact) mass is 213 g/mol. The molecule has 1 atom stereocenters. The Morgan fingerprint density at radius 3 is 2.73 bits per heavy atom. The number of amides is 1. The molecule has 1 amide bonds. The summed E-state index contributed by atoms with van der Waals surface area (Å²) in [5.74, 6) is 0.489. The SMILES string of the molecule is CC1(C)CN(C(=O)C2CC2)CC(CO)O1. The van der Waals surface area contributed by atoms with Crippen LogP contribution < -0.4 is 0 Å². The third-order valence-corrected chi connectivity index (χ3v) is 2.92. The van der Waals surface area contributed by atoms with Gasteiger partial charge in [0.25, 0.3) is 0 Å². The van der Waals surface area contributed by atoms with Crippen LogP contribution in [0.15, 0.2) is 0 Å². The Labute approximate surface area is 90.2 Å². The maximum atomic E-state index is 11.9. The molecule has 2 fully saturated rings. The van der Waals surface area contributed by atoms with Crippen molar-refractivity contribution in [1.82, 2.24) is 4.90 Å². The van der Waals surface area contributed by atoms with Crippen molar-refractivity contribution in [2.24, 2.45) is 5.92 Å². The molecule has 1 saturated carbocycles. The number of carbonyl (C=O) groups is 1. The van der Waals surface area contributed by atoms with Crippen molar-refractivity contribution < 1.29 is 14.6 Å². The second kappa shape index (κ2) is 3.76. The minimum absolute atomic E-state index is 0.0160. The highest BCUT2D eigenvalue weighted by Crippen LogP contribution is 2.33. The van der Waals surface area contributed by atoms with Gasteiger partial charge < -0.3 is 14.7 Å². The number of carbonyl (C=O) groups excluding carboxylic acids is 1. The summed E-state index contributed by atoms with van der Waals surface area (Å²) < 4.78 is 5.66. The van der Waals surface area contributed by atoms with Gasteiger partial charge in [-0.1, -0.05) is 0 Å². The summed E-state index contributed by atoms with van der Waals surface area (Å²) in [7, 11) is 0. The second-order valence-corrected chi connectivity index (χ2v) is 5.18. The first-order valence-electron chi connectivity index (χ1n) is 5.59. The Morgan fingerprint density at radius 1 is 1.53 bits per heavy atom. The van der Waals surface area contributed by atoms with Gasteiger partial charge in [0.1, 0.15) is 0 Å². The first-order chi connectivity index (χ1) is 7.02. The lowest BCUT2D eigenvalue weighted by atomic mass is 10.0. The number of rotatable bonds is 2. The molecule has 0 aromatic heterocycles. The summed E-state index contributed by atoms with van der Waals surface area (Å²) in [6.07, 6.45) is 1.83. The van der Waals surface area contributed by atoms with Crippen LogP contribution in [0.25, 0.3) is 0 Å². The number of morpholine rings is 1.